The Bertz CT molecular complexity index is 625. The minimum Gasteiger partial charge on any atom is -0.485 e. The summed E-state index contributed by atoms with van der Waals surface area (Å²) in [6.07, 6.45) is 1.51. The average molecular weight is 283 g/mol. The number of ether oxygens (including phenoxy) is 1. The number of imidazole rings is 1. The molecule has 2 aromatic rings. The molecule has 0 aliphatic rings. The Hall–Kier alpha value is -1.88. The van der Waals surface area contributed by atoms with E-state index in [1.165, 1.54) is 25.3 Å². The number of hydrogen-bond donors (Lipinski definition) is 0. The van der Waals surface area contributed by atoms with Crippen LogP contribution in [0.15, 0.2) is 24.4 Å². The molecule has 0 aliphatic carbocycles. The fourth-order valence-electron chi connectivity index (χ4n) is 1.60. The van der Waals surface area contributed by atoms with Crippen LogP contribution in [0.4, 0.5) is 4.39 Å². The molecule has 2 rings (SSSR count). The van der Waals surface area contributed by atoms with E-state index in [-0.39, 0.29) is 18.0 Å². The lowest BCUT2D eigenvalue weighted by Crippen LogP contribution is -2.06. The Balaban J connectivity index is 2.20. The lowest BCUT2D eigenvalue weighted by molar-refractivity contribution is 0.101. The van der Waals surface area contributed by atoms with Crippen molar-refractivity contribution < 1.29 is 13.9 Å². The first kappa shape index (κ1) is 13.5. The molecular weight excluding hydrogens is 271 g/mol. The summed E-state index contributed by atoms with van der Waals surface area (Å²) < 4.78 is 20.3. The summed E-state index contributed by atoms with van der Waals surface area (Å²) in [5, 5.41) is 0.490. The van der Waals surface area contributed by atoms with E-state index >= 15 is 0 Å². The summed E-state index contributed by atoms with van der Waals surface area (Å²) in [5.41, 5.74) is 0.209. The maximum Gasteiger partial charge on any atom is 0.163 e. The molecular formula is C13H12ClFN2O2. The van der Waals surface area contributed by atoms with Crippen molar-refractivity contribution in [1.82, 2.24) is 9.55 Å². The first-order valence-electron chi connectivity index (χ1n) is 5.58. The smallest absolute Gasteiger partial charge is 0.163 e. The van der Waals surface area contributed by atoms with Crippen molar-refractivity contribution >= 4 is 17.4 Å². The monoisotopic (exact) mass is 282 g/mol. The molecule has 1 aromatic heterocycles. The maximum absolute atomic E-state index is 13.1. The van der Waals surface area contributed by atoms with Crippen molar-refractivity contribution in [3.8, 4) is 5.75 Å². The molecule has 0 unspecified atom stereocenters. The van der Waals surface area contributed by atoms with E-state index in [4.69, 9.17) is 16.3 Å². The van der Waals surface area contributed by atoms with Crippen LogP contribution >= 0.6 is 11.6 Å². The normalized spacial score (nSPS) is 10.5. The van der Waals surface area contributed by atoms with Gasteiger partial charge in [0, 0.05) is 7.05 Å². The fraction of sp³-hybridized carbons (Fsp3) is 0.231. The van der Waals surface area contributed by atoms with E-state index in [1.54, 1.807) is 11.6 Å². The van der Waals surface area contributed by atoms with Gasteiger partial charge in [-0.3, -0.25) is 4.79 Å². The van der Waals surface area contributed by atoms with E-state index < -0.39 is 5.82 Å². The molecule has 0 saturated carbocycles. The van der Waals surface area contributed by atoms with Crippen LogP contribution in [0.25, 0.3) is 0 Å². The third-order valence-corrected chi connectivity index (χ3v) is 3.06. The van der Waals surface area contributed by atoms with Gasteiger partial charge in [0.2, 0.25) is 0 Å². The number of carbonyl (C=O) groups excluding carboxylic acids is 1. The summed E-state index contributed by atoms with van der Waals surface area (Å²) >= 11 is 5.85. The van der Waals surface area contributed by atoms with Crippen molar-refractivity contribution in [2.45, 2.75) is 13.5 Å². The minimum absolute atomic E-state index is 0.148. The molecule has 1 heterocycles. The Morgan fingerprint density at radius 3 is 2.84 bits per heavy atom. The van der Waals surface area contributed by atoms with E-state index in [2.05, 4.69) is 4.98 Å². The number of rotatable bonds is 4. The molecule has 0 saturated heterocycles. The van der Waals surface area contributed by atoms with Crippen LogP contribution in [-0.4, -0.2) is 15.3 Å². The number of Topliss-reactive ketones (excluding diaryl/α,β-unsaturated/α-hetero) is 1. The molecule has 0 N–H and O–H groups in total. The molecule has 1 aromatic carbocycles. The predicted octanol–water partition coefficient (Wildman–Crippen LogP) is 2.99. The van der Waals surface area contributed by atoms with Crippen LogP contribution in [0.1, 0.15) is 23.1 Å². The lowest BCUT2D eigenvalue weighted by Gasteiger charge is -2.10. The molecule has 0 aliphatic heterocycles. The summed E-state index contributed by atoms with van der Waals surface area (Å²) in [6.45, 7) is 1.51. The Morgan fingerprint density at radius 2 is 2.26 bits per heavy atom. The third-order valence-electron chi connectivity index (χ3n) is 2.71. The van der Waals surface area contributed by atoms with Crippen molar-refractivity contribution in [2.24, 2.45) is 7.05 Å². The van der Waals surface area contributed by atoms with Crippen LogP contribution in [0.2, 0.25) is 5.15 Å². The zero-order valence-electron chi connectivity index (χ0n) is 10.5. The molecule has 0 radical (unpaired) electrons. The molecule has 6 heteroatoms. The standard InChI is InChI=1S/C13H12ClFN2O2/c1-8(18)10-5-9(15)3-4-11(10)19-7-13-16-6-12(14)17(13)2/h3-6H,7H2,1-2H3. The zero-order chi connectivity index (χ0) is 14.0. The second kappa shape index (κ2) is 5.40. The van der Waals surface area contributed by atoms with Crippen LogP contribution in [-0.2, 0) is 13.7 Å². The van der Waals surface area contributed by atoms with Crippen LogP contribution in [0, 0.1) is 5.82 Å². The number of nitrogens with zero attached hydrogens (tertiary/aromatic N) is 2. The van der Waals surface area contributed by atoms with Crippen molar-refractivity contribution in [1.29, 1.82) is 0 Å². The van der Waals surface area contributed by atoms with Crippen molar-refractivity contribution in [2.75, 3.05) is 0 Å². The second-order valence-electron chi connectivity index (χ2n) is 4.04. The van der Waals surface area contributed by atoms with Gasteiger partial charge in [0.1, 0.15) is 29.2 Å². The molecule has 0 spiro atoms. The van der Waals surface area contributed by atoms with Gasteiger partial charge in [-0.05, 0) is 25.1 Å². The number of halogens is 2. The largest absolute Gasteiger partial charge is 0.485 e. The van der Waals surface area contributed by atoms with Crippen LogP contribution in [0.3, 0.4) is 0 Å². The quantitative estimate of drug-likeness (QED) is 0.810. The van der Waals surface area contributed by atoms with Gasteiger partial charge in [-0.25, -0.2) is 9.37 Å². The lowest BCUT2D eigenvalue weighted by atomic mass is 10.1. The Kier molecular flexibility index (Phi) is 3.85. The van der Waals surface area contributed by atoms with Crippen molar-refractivity contribution in [3.63, 3.8) is 0 Å². The van der Waals surface area contributed by atoms with Gasteiger partial charge in [0.15, 0.2) is 5.78 Å². The molecule has 100 valence electrons. The van der Waals surface area contributed by atoms with Crippen molar-refractivity contribution in [3.05, 3.63) is 46.8 Å². The molecule has 19 heavy (non-hydrogen) atoms. The molecule has 0 atom stereocenters. The first-order valence-corrected chi connectivity index (χ1v) is 5.96. The van der Waals surface area contributed by atoms with E-state index in [9.17, 15) is 9.18 Å². The predicted molar refractivity (Wildman–Crippen MR) is 69.0 cm³/mol. The summed E-state index contributed by atoms with van der Waals surface area (Å²) in [7, 11) is 1.75. The van der Waals surface area contributed by atoms with Gasteiger partial charge in [-0.1, -0.05) is 11.6 Å². The SMILES string of the molecule is CC(=O)c1cc(F)ccc1OCc1ncc(Cl)n1C. The van der Waals surface area contributed by atoms with E-state index in [0.29, 0.717) is 16.7 Å². The maximum atomic E-state index is 13.1. The van der Waals surface area contributed by atoms with E-state index in [0.717, 1.165) is 6.07 Å². The molecule has 0 bridgehead atoms. The molecule has 4 nitrogen and oxygen atoms in total. The van der Waals surface area contributed by atoms with Gasteiger partial charge in [0.05, 0.1) is 11.8 Å². The molecule has 0 amide bonds. The Morgan fingerprint density at radius 1 is 1.53 bits per heavy atom. The number of hydrogen-bond acceptors (Lipinski definition) is 3. The van der Waals surface area contributed by atoms with Gasteiger partial charge >= 0.3 is 0 Å². The average Bonchev–Trinajstić information content (AvgIpc) is 2.68. The Labute approximate surface area is 114 Å². The van der Waals surface area contributed by atoms with E-state index in [1.807, 2.05) is 0 Å². The number of carbonyl (C=O) groups is 1. The summed E-state index contributed by atoms with van der Waals surface area (Å²) in [6, 6.07) is 3.83. The number of aromatic nitrogens is 2. The van der Waals surface area contributed by atoms with Crippen LogP contribution in [0.5, 0.6) is 5.75 Å². The number of benzene rings is 1. The van der Waals surface area contributed by atoms with Crippen LogP contribution < -0.4 is 4.74 Å². The molecule has 0 fully saturated rings. The summed E-state index contributed by atoms with van der Waals surface area (Å²) in [4.78, 5) is 15.5. The fourth-order valence-corrected chi connectivity index (χ4v) is 1.75. The van der Waals surface area contributed by atoms with Gasteiger partial charge in [-0.2, -0.15) is 0 Å². The number of ketones is 1. The zero-order valence-corrected chi connectivity index (χ0v) is 11.2. The third kappa shape index (κ3) is 2.93. The highest BCUT2D eigenvalue weighted by atomic mass is 35.5. The van der Waals surface area contributed by atoms with Gasteiger partial charge < -0.3 is 9.30 Å². The second-order valence-corrected chi connectivity index (χ2v) is 4.43. The summed E-state index contributed by atoms with van der Waals surface area (Å²) in [5.74, 6) is 0.210. The van der Waals surface area contributed by atoms with Gasteiger partial charge in [0.25, 0.3) is 0 Å². The first-order chi connectivity index (χ1) is 8.99. The van der Waals surface area contributed by atoms with Gasteiger partial charge in [-0.15, -0.1) is 0 Å². The minimum atomic E-state index is -0.474. The highest BCUT2D eigenvalue weighted by Crippen LogP contribution is 2.21. The topological polar surface area (TPSA) is 44.1 Å². The highest BCUT2D eigenvalue weighted by Gasteiger charge is 2.11. The highest BCUT2D eigenvalue weighted by molar-refractivity contribution is 6.29.